The van der Waals surface area contributed by atoms with Crippen molar-refractivity contribution in [2.75, 3.05) is 31.1 Å². The molecule has 1 aliphatic rings. The number of carbonyl (C=O) groups is 1. The van der Waals surface area contributed by atoms with Crippen LogP contribution in [0.2, 0.25) is 0 Å². The predicted molar refractivity (Wildman–Crippen MR) is 133 cm³/mol. The van der Waals surface area contributed by atoms with E-state index in [4.69, 9.17) is 15.1 Å². The molecule has 4 rings (SSSR count). The van der Waals surface area contributed by atoms with E-state index in [9.17, 15) is 4.79 Å². The highest BCUT2D eigenvalue weighted by Crippen LogP contribution is 2.30. The number of amides is 1. The fraction of sp³-hybridized carbons (Fsp3) is 0.538. The van der Waals surface area contributed by atoms with Gasteiger partial charge in [-0.1, -0.05) is 45.4 Å². The fourth-order valence-electron chi connectivity index (χ4n) is 4.50. The van der Waals surface area contributed by atoms with Crippen LogP contribution in [0.4, 0.5) is 5.82 Å². The van der Waals surface area contributed by atoms with Crippen LogP contribution in [0.25, 0.3) is 16.7 Å². The van der Waals surface area contributed by atoms with Crippen LogP contribution in [0.1, 0.15) is 58.0 Å². The Kier molecular flexibility index (Phi) is 7.26. The van der Waals surface area contributed by atoms with Crippen LogP contribution in [0.3, 0.4) is 0 Å². The van der Waals surface area contributed by atoms with Crippen LogP contribution in [0.15, 0.2) is 30.3 Å². The van der Waals surface area contributed by atoms with Gasteiger partial charge in [0.15, 0.2) is 5.65 Å². The lowest BCUT2D eigenvalue weighted by Gasteiger charge is -2.24. The minimum Gasteiger partial charge on any atom is -0.354 e. The van der Waals surface area contributed by atoms with Gasteiger partial charge in [0.25, 0.3) is 0 Å². The van der Waals surface area contributed by atoms with E-state index in [1.54, 1.807) is 0 Å². The average Bonchev–Trinajstić information content (AvgIpc) is 2.98. The van der Waals surface area contributed by atoms with Crippen molar-refractivity contribution in [2.24, 2.45) is 5.92 Å². The number of nitrogens with zero attached hydrogens (tertiary/aromatic N) is 6. The molecule has 0 radical (unpaired) electrons. The highest BCUT2D eigenvalue weighted by atomic mass is 16.2. The van der Waals surface area contributed by atoms with Crippen molar-refractivity contribution in [1.82, 2.24) is 24.6 Å². The zero-order chi connectivity index (χ0) is 23.4. The summed E-state index contributed by atoms with van der Waals surface area (Å²) in [7, 11) is 0. The first-order valence-corrected chi connectivity index (χ1v) is 12.3. The molecule has 1 aromatic carbocycles. The van der Waals surface area contributed by atoms with Crippen molar-refractivity contribution in [2.45, 2.75) is 59.8 Å². The lowest BCUT2D eigenvalue weighted by Crippen LogP contribution is -2.35. The Morgan fingerprint density at radius 3 is 2.58 bits per heavy atom. The molecule has 1 aliphatic heterocycles. The quantitative estimate of drug-likeness (QED) is 0.530. The molecule has 1 saturated heterocycles. The monoisotopic (exact) mass is 448 g/mol. The number of hydrogen-bond donors (Lipinski definition) is 0. The molecule has 0 bridgehead atoms. The molecule has 33 heavy (non-hydrogen) atoms. The third kappa shape index (κ3) is 5.18. The number of benzene rings is 1. The van der Waals surface area contributed by atoms with Crippen LogP contribution >= 0.6 is 0 Å². The zero-order valence-corrected chi connectivity index (χ0v) is 20.4. The highest BCUT2D eigenvalue weighted by Gasteiger charge is 2.25. The van der Waals surface area contributed by atoms with Gasteiger partial charge in [-0.3, -0.25) is 4.79 Å². The zero-order valence-electron chi connectivity index (χ0n) is 20.4. The van der Waals surface area contributed by atoms with Gasteiger partial charge < -0.3 is 9.80 Å². The van der Waals surface area contributed by atoms with Crippen molar-refractivity contribution in [3.8, 4) is 5.69 Å². The summed E-state index contributed by atoms with van der Waals surface area (Å²) in [6.07, 6.45) is 4.41. The lowest BCUT2D eigenvalue weighted by atomic mass is 10.1. The maximum atomic E-state index is 12.6. The van der Waals surface area contributed by atoms with Crippen molar-refractivity contribution in [3.63, 3.8) is 0 Å². The summed E-state index contributed by atoms with van der Waals surface area (Å²) in [4.78, 5) is 27.0. The van der Waals surface area contributed by atoms with E-state index in [0.29, 0.717) is 12.3 Å². The van der Waals surface area contributed by atoms with E-state index < -0.39 is 0 Å². The first kappa shape index (κ1) is 23.2. The van der Waals surface area contributed by atoms with Gasteiger partial charge in [-0.05, 0) is 37.8 Å². The van der Waals surface area contributed by atoms with E-state index >= 15 is 0 Å². The van der Waals surface area contributed by atoms with Crippen molar-refractivity contribution in [1.29, 1.82) is 0 Å². The summed E-state index contributed by atoms with van der Waals surface area (Å²) in [6, 6.07) is 10.2. The number of aryl methyl sites for hydroxylation is 1. The van der Waals surface area contributed by atoms with Gasteiger partial charge in [0.2, 0.25) is 5.91 Å². The van der Waals surface area contributed by atoms with E-state index in [2.05, 4.69) is 37.8 Å². The van der Waals surface area contributed by atoms with Gasteiger partial charge in [0.05, 0.1) is 16.8 Å². The number of carbonyl (C=O) groups excluding carboxylic acids is 1. The van der Waals surface area contributed by atoms with Gasteiger partial charge in [-0.25, -0.2) is 14.6 Å². The number of fused-ring (bicyclic) bond motifs is 1. The minimum atomic E-state index is 0.278. The molecule has 0 spiro atoms. The lowest BCUT2D eigenvalue weighted by molar-refractivity contribution is -0.131. The topological polar surface area (TPSA) is 67.2 Å². The van der Waals surface area contributed by atoms with Gasteiger partial charge in [0, 0.05) is 39.0 Å². The molecule has 3 heterocycles. The van der Waals surface area contributed by atoms with Gasteiger partial charge >= 0.3 is 0 Å². The van der Waals surface area contributed by atoms with Crippen molar-refractivity contribution in [3.05, 3.63) is 41.9 Å². The number of rotatable bonds is 7. The largest absolute Gasteiger partial charge is 0.354 e. The summed E-state index contributed by atoms with van der Waals surface area (Å²) in [5, 5.41) is 5.87. The Labute approximate surface area is 196 Å². The molecule has 0 unspecified atom stereocenters. The standard InChI is InChI=1S/C26H36N6O/c1-5-6-13-23(33)30-14-10-15-31(17-16-30)25-24-20(4)29-32(21-11-8-7-9-12-21)26(24)28-22(27-25)18-19(2)3/h7-9,11-12,19H,5-6,10,13-18H2,1-4H3. The number of hydrogen-bond acceptors (Lipinski definition) is 5. The minimum absolute atomic E-state index is 0.278. The Balaban J connectivity index is 1.72. The third-order valence-corrected chi connectivity index (χ3v) is 6.21. The highest BCUT2D eigenvalue weighted by molar-refractivity contribution is 5.91. The normalized spacial score (nSPS) is 14.8. The third-order valence-electron chi connectivity index (χ3n) is 6.21. The molecule has 0 saturated carbocycles. The Morgan fingerprint density at radius 1 is 1.06 bits per heavy atom. The van der Waals surface area contributed by atoms with E-state index in [0.717, 1.165) is 85.9 Å². The summed E-state index contributed by atoms with van der Waals surface area (Å²) in [5.74, 6) is 2.54. The van der Waals surface area contributed by atoms with Crippen LogP contribution in [-0.4, -0.2) is 56.7 Å². The summed E-state index contributed by atoms with van der Waals surface area (Å²) >= 11 is 0. The molecule has 1 amide bonds. The second-order valence-corrected chi connectivity index (χ2v) is 9.42. The first-order valence-electron chi connectivity index (χ1n) is 12.3. The van der Waals surface area contributed by atoms with Crippen LogP contribution in [0.5, 0.6) is 0 Å². The van der Waals surface area contributed by atoms with Gasteiger partial charge in [0.1, 0.15) is 11.6 Å². The van der Waals surface area contributed by atoms with Crippen molar-refractivity contribution < 1.29 is 4.79 Å². The van der Waals surface area contributed by atoms with E-state index in [-0.39, 0.29) is 5.91 Å². The molecular weight excluding hydrogens is 412 g/mol. The van der Waals surface area contributed by atoms with Crippen LogP contribution in [-0.2, 0) is 11.2 Å². The van der Waals surface area contributed by atoms with Gasteiger partial charge in [-0.15, -0.1) is 0 Å². The Morgan fingerprint density at radius 2 is 1.85 bits per heavy atom. The average molecular weight is 449 g/mol. The van der Waals surface area contributed by atoms with Crippen LogP contribution < -0.4 is 4.90 Å². The van der Waals surface area contributed by atoms with Crippen molar-refractivity contribution >= 4 is 22.8 Å². The Hall–Kier alpha value is -2.96. The summed E-state index contributed by atoms with van der Waals surface area (Å²) in [5.41, 5.74) is 2.79. The maximum absolute atomic E-state index is 12.6. The SMILES string of the molecule is CCCCC(=O)N1CCCN(c2nc(CC(C)C)nc3c2c(C)nn3-c2ccccc2)CC1. The summed E-state index contributed by atoms with van der Waals surface area (Å²) in [6.45, 7) is 11.8. The fourth-order valence-corrected chi connectivity index (χ4v) is 4.50. The maximum Gasteiger partial charge on any atom is 0.222 e. The molecule has 1 fully saturated rings. The molecule has 7 heteroatoms. The van der Waals surface area contributed by atoms with E-state index in [1.807, 2.05) is 34.7 Å². The summed E-state index contributed by atoms with van der Waals surface area (Å²) < 4.78 is 1.94. The predicted octanol–water partition coefficient (Wildman–Crippen LogP) is 4.55. The van der Waals surface area contributed by atoms with E-state index in [1.165, 1.54) is 0 Å². The Bertz CT molecular complexity index is 1090. The molecule has 3 aromatic rings. The van der Waals surface area contributed by atoms with Crippen LogP contribution in [0, 0.1) is 12.8 Å². The number of aromatic nitrogens is 4. The molecule has 0 atom stereocenters. The number of unbranched alkanes of at least 4 members (excludes halogenated alkanes) is 1. The molecule has 0 aliphatic carbocycles. The molecule has 2 aromatic heterocycles. The molecule has 176 valence electrons. The molecular formula is C26H36N6O. The smallest absolute Gasteiger partial charge is 0.222 e. The number of para-hydroxylation sites is 1. The number of anilines is 1. The molecule has 0 N–H and O–H groups in total. The first-order chi connectivity index (χ1) is 16.0. The molecule has 7 nitrogen and oxygen atoms in total. The second kappa shape index (κ2) is 10.3. The van der Waals surface area contributed by atoms with Gasteiger partial charge in [-0.2, -0.15) is 5.10 Å². The second-order valence-electron chi connectivity index (χ2n) is 9.42.